The van der Waals surface area contributed by atoms with Crippen LogP contribution in [0.4, 0.5) is 0 Å². The van der Waals surface area contributed by atoms with E-state index < -0.39 is 0 Å². The van der Waals surface area contributed by atoms with E-state index in [4.69, 9.17) is 9.72 Å². The fourth-order valence-electron chi connectivity index (χ4n) is 3.25. The molecular formula is C20H25N3O. The molecule has 3 aromatic rings. The number of pyridine rings is 1. The largest absolute Gasteiger partial charge is 0.497 e. The number of hydrogen-bond donors (Lipinski definition) is 1. The Morgan fingerprint density at radius 2 is 2.08 bits per heavy atom. The number of likely N-dealkylation sites (N-methyl/N-ethyl adjacent to an activating group) is 1. The quantitative estimate of drug-likeness (QED) is 0.711. The van der Waals surface area contributed by atoms with Crippen molar-refractivity contribution in [2.45, 2.75) is 25.7 Å². The van der Waals surface area contributed by atoms with Crippen LogP contribution in [-0.2, 0) is 0 Å². The predicted octanol–water partition coefficient (Wildman–Crippen LogP) is 4.11. The molecule has 0 spiro atoms. The van der Waals surface area contributed by atoms with Crippen LogP contribution in [0.25, 0.3) is 16.8 Å². The first-order chi connectivity index (χ1) is 11.8. The van der Waals surface area contributed by atoms with Crippen LogP contribution in [0.2, 0.25) is 0 Å². The zero-order valence-corrected chi connectivity index (χ0v) is 14.6. The van der Waals surface area contributed by atoms with Gasteiger partial charge in [0.25, 0.3) is 0 Å². The summed E-state index contributed by atoms with van der Waals surface area (Å²) in [4.78, 5) is 5.04. The van der Waals surface area contributed by atoms with Crippen molar-refractivity contribution in [1.29, 1.82) is 0 Å². The second kappa shape index (κ2) is 7.49. The average molecular weight is 323 g/mol. The summed E-state index contributed by atoms with van der Waals surface area (Å²) in [5.74, 6) is 2.38. The third-order valence-corrected chi connectivity index (χ3v) is 4.37. The zero-order chi connectivity index (χ0) is 16.9. The van der Waals surface area contributed by atoms with E-state index in [1.165, 1.54) is 0 Å². The van der Waals surface area contributed by atoms with Crippen LogP contribution in [0.5, 0.6) is 5.75 Å². The second-order valence-electron chi connectivity index (χ2n) is 6.05. The molecule has 0 fully saturated rings. The molecule has 0 saturated carbocycles. The Morgan fingerprint density at radius 1 is 1.21 bits per heavy atom. The van der Waals surface area contributed by atoms with Crippen LogP contribution in [-0.4, -0.2) is 30.1 Å². The van der Waals surface area contributed by atoms with E-state index in [2.05, 4.69) is 47.1 Å². The summed E-state index contributed by atoms with van der Waals surface area (Å²) < 4.78 is 7.60. The molecule has 0 bridgehead atoms. The van der Waals surface area contributed by atoms with E-state index in [1.54, 1.807) is 7.11 Å². The van der Waals surface area contributed by atoms with Gasteiger partial charge in [-0.05, 0) is 37.7 Å². The normalized spacial score (nSPS) is 12.5. The van der Waals surface area contributed by atoms with Crippen molar-refractivity contribution in [3.8, 4) is 17.0 Å². The van der Waals surface area contributed by atoms with Crippen LogP contribution >= 0.6 is 0 Å². The summed E-state index contributed by atoms with van der Waals surface area (Å²) in [7, 11) is 3.70. The zero-order valence-electron chi connectivity index (χ0n) is 14.6. The van der Waals surface area contributed by atoms with Gasteiger partial charge in [-0.25, -0.2) is 4.98 Å². The van der Waals surface area contributed by atoms with Crippen molar-refractivity contribution in [2.75, 3.05) is 20.7 Å². The third kappa shape index (κ3) is 3.15. The molecule has 0 aliphatic carbocycles. The first-order valence-corrected chi connectivity index (χ1v) is 8.54. The Kier molecular flexibility index (Phi) is 5.16. The highest BCUT2D eigenvalue weighted by Gasteiger charge is 2.19. The smallest absolute Gasteiger partial charge is 0.119 e. The van der Waals surface area contributed by atoms with E-state index >= 15 is 0 Å². The Bertz CT molecular complexity index is 804. The van der Waals surface area contributed by atoms with Crippen molar-refractivity contribution < 1.29 is 4.74 Å². The molecule has 1 unspecified atom stereocenters. The summed E-state index contributed by atoms with van der Waals surface area (Å²) in [5.41, 5.74) is 3.24. The third-order valence-electron chi connectivity index (χ3n) is 4.37. The van der Waals surface area contributed by atoms with Crippen LogP contribution in [0.15, 0.2) is 48.7 Å². The molecule has 1 aromatic carbocycles. The van der Waals surface area contributed by atoms with Crippen molar-refractivity contribution >= 4 is 5.52 Å². The van der Waals surface area contributed by atoms with Gasteiger partial charge in [0, 0.05) is 24.2 Å². The van der Waals surface area contributed by atoms with Gasteiger partial charge >= 0.3 is 0 Å². The number of fused-ring (bicyclic) bond motifs is 1. The molecule has 0 aliphatic rings. The van der Waals surface area contributed by atoms with Gasteiger partial charge < -0.3 is 14.5 Å². The summed E-state index contributed by atoms with van der Waals surface area (Å²) in [6, 6.07) is 14.4. The monoisotopic (exact) mass is 323 g/mol. The number of methoxy groups -OCH3 is 1. The van der Waals surface area contributed by atoms with Gasteiger partial charge in [0.05, 0.1) is 18.3 Å². The summed E-state index contributed by atoms with van der Waals surface area (Å²) >= 11 is 0. The van der Waals surface area contributed by atoms with E-state index in [9.17, 15) is 0 Å². The molecule has 24 heavy (non-hydrogen) atoms. The maximum Gasteiger partial charge on any atom is 0.119 e. The van der Waals surface area contributed by atoms with Gasteiger partial charge in [-0.3, -0.25) is 0 Å². The fraction of sp³-hybridized carbons (Fsp3) is 0.350. The molecule has 3 rings (SSSR count). The highest BCUT2D eigenvalue weighted by molar-refractivity contribution is 5.78. The molecular weight excluding hydrogens is 298 g/mol. The van der Waals surface area contributed by atoms with Gasteiger partial charge in [-0.1, -0.05) is 31.5 Å². The van der Waals surface area contributed by atoms with E-state index in [1.807, 2.05) is 25.2 Å². The minimum Gasteiger partial charge on any atom is -0.497 e. The summed E-state index contributed by atoms with van der Waals surface area (Å²) in [5, 5.41) is 3.31. The van der Waals surface area contributed by atoms with Crippen LogP contribution < -0.4 is 10.1 Å². The maximum atomic E-state index is 5.38. The first kappa shape index (κ1) is 16.5. The van der Waals surface area contributed by atoms with Gasteiger partial charge in [-0.2, -0.15) is 0 Å². The van der Waals surface area contributed by atoms with Crippen LogP contribution in [0.1, 0.15) is 31.5 Å². The molecule has 4 nitrogen and oxygen atoms in total. The molecule has 126 valence electrons. The fourth-order valence-corrected chi connectivity index (χ4v) is 3.25. The molecule has 1 atom stereocenters. The Morgan fingerprint density at radius 3 is 2.83 bits per heavy atom. The van der Waals surface area contributed by atoms with E-state index in [-0.39, 0.29) is 0 Å². The molecule has 2 heterocycles. The average Bonchev–Trinajstić information content (AvgIpc) is 3.01. The molecule has 0 radical (unpaired) electrons. The van der Waals surface area contributed by atoms with Gasteiger partial charge in [0.15, 0.2) is 0 Å². The second-order valence-corrected chi connectivity index (χ2v) is 6.05. The van der Waals surface area contributed by atoms with Gasteiger partial charge in [0.2, 0.25) is 0 Å². The lowest BCUT2D eigenvalue weighted by Gasteiger charge is -2.14. The lowest BCUT2D eigenvalue weighted by molar-refractivity contribution is 0.415. The number of nitrogens with zero attached hydrogens (tertiary/aromatic N) is 2. The van der Waals surface area contributed by atoms with Crippen molar-refractivity contribution in [3.63, 3.8) is 0 Å². The number of ether oxygens (including phenoxy) is 1. The Balaban J connectivity index is 2.15. The summed E-state index contributed by atoms with van der Waals surface area (Å²) in [6.07, 6.45) is 4.37. The minimum absolute atomic E-state index is 0.397. The minimum atomic E-state index is 0.397. The van der Waals surface area contributed by atoms with Gasteiger partial charge in [0.1, 0.15) is 11.6 Å². The number of hydrogen-bond acceptors (Lipinski definition) is 3. The lowest BCUT2D eigenvalue weighted by atomic mass is 10.0. The Hall–Kier alpha value is -2.33. The number of imidazole rings is 1. The number of benzene rings is 1. The van der Waals surface area contributed by atoms with Gasteiger partial charge in [-0.15, -0.1) is 0 Å². The molecule has 0 saturated heterocycles. The first-order valence-electron chi connectivity index (χ1n) is 8.54. The topological polar surface area (TPSA) is 38.6 Å². The molecule has 1 N–H and O–H groups in total. The Labute approximate surface area is 143 Å². The molecule has 2 aromatic heterocycles. The predicted molar refractivity (Wildman–Crippen MR) is 98.8 cm³/mol. The highest BCUT2D eigenvalue weighted by Crippen LogP contribution is 2.31. The standard InChI is InChI=1S/C20H25N3O/c1-4-8-16(14-21-2)20-22-19(18-11-5-6-12-23(18)20)15-9-7-10-17(13-15)24-3/h5-7,9-13,16,21H,4,8,14H2,1-3H3. The SMILES string of the molecule is CCCC(CNC)c1nc(-c2cccc(OC)c2)c2ccccn12. The summed E-state index contributed by atoms with van der Waals surface area (Å²) in [6.45, 7) is 3.15. The number of aromatic nitrogens is 2. The van der Waals surface area contributed by atoms with Crippen molar-refractivity contribution in [2.24, 2.45) is 0 Å². The van der Waals surface area contributed by atoms with Crippen LogP contribution in [0.3, 0.4) is 0 Å². The lowest BCUT2D eigenvalue weighted by Crippen LogP contribution is -2.19. The molecule has 0 amide bonds. The number of nitrogens with one attached hydrogen (secondary N) is 1. The van der Waals surface area contributed by atoms with Crippen molar-refractivity contribution in [1.82, 2.24) is 14.7 Å². The van der Waals surface area contributed by atoms with E-state index in [0.29, 0.717) is 5.92 Å². The maximum absolute atomic E-state index is 5.38. The molecule has 0 aliphatic heterocycles. The molecule has 4 heteroatoms. The van der Waals surface area contributed by atoms with Crippen molar-refractivity contribution in [3.05, 3.63) is 54.5 Å². The van der Waals surface area contributed by atoms with Crippen LogP contribution in [0, 0.1) is 0 Å². The van der Waals surface area contributed by atoms with E-state index in [0.717, 1.165) is 47.7 Å². The number of rotatable bonds is 7. The highest BCUT2D eigenvalue weighted by atomic mass is 16.5.